The van der Waals surface area contributed by atoms with Crippen LogP contribution in [0.25, 0.3) is 0 Å². The predicted molar refractivity (Wildman–Crippen MR) is 41.6 cm³/mol. The Labute approximate surface area is 70.5 Å². The van der Waals surface area contributed by atoms with Crippen LogP contribution in [-0.4, -0.2) is 31.2 Å². The minimum atomic E-state index is -0.462. The average Bonchev–Trinajstić information content (AvgIpc) is 2.37. The molecule has 0 aliphatic carbocycles. The number of ether oxygens (including phenoxy) is 1. The fraction of sp³-hybridized carbons (Fsp3) is 0.714. The van der Waals surface area contributed by atoms with Crippen LogP contribution in [0.3, 0.4) is 0 Å². The summed E-state index contributed by atoms with van der Waals surface area (Å²) in [6.07, 6.45) is 0.565. The number of hydrogen-bond donors (Lipinski definition) is 2. The lowest BCUT2D eigenvalue weighted by Crippen LogP contribution is -2.43. The van der Waals surface area contributed by atoms with E-state index in [0.29, 0.717) is 19.6 Å². The van der Waals surface area contributed by atoms with Crippen LogP contribution in [0.4, 0.5) is 4.79 Å². The molecular weight excluding hydrogens is 160 g/mol. The van der Waals surface area contributed by atoms with E-state index in [1.165, 1.54) is 0 Å². The number of carbonyl (C=O) groups excluding carboxylic acids is 2. The van der Waals surface area contributed by atoms with Gasteiger partial charge in [0, 0.05) is 13.0 Å². The molecule has 1 aliphatic heterocycles. The standard InChI is InChI=1S/C7H12N2O3/c1-2-8-7(11)9-5-3-4-12-6(5)10/h5H,2-4H2,1H3,(H2,8,9,11)/t5-/m0/s1. The molecular formula is C7H12N2O3. The van der Waals surface area contributed by atoms with E-state index >= 15 is 0 Å². The first-order valence-corrected chi connectivity index (χ1v) is 3.95. The highest BCUT2D eigenvalue weighted by molar-refractivity contribution is 5.84. The van der Waals surface area contributed by atoms with Crippen LogP contribution in [0.15, 0.2) is 0 Å². The zero-order chi connectivity index (χ0) is 8.97. The molecule has 1 saturated heterocycles. The van der Waals surface area contributed by atoms with Crippen LogP contribution in [0.1, 0.15) is 13.3 Å². The molecule has 0 saturated carbocycles. The van der Waals surface area contributed by atoms with Crippen molar-refractivity contribution >= 4 is 12.0 Å². The molecule has 0 bridgehead atoms. The fourth-order valence-corrected chi connectivity index (χ4v) is 0.997. The highest BCUT2D eigenvalue weighted by Gasteiger charge is 2.27. The van der Waals surface area contributed by atoms with Gasteiger partial charge in [0.1, 0.15) is 6.04 Å². The Bertz CT molecular complexity index is 193. The highest BCUT2D eigenvalue weighted by atomic mass is 16.5. The second kappa shape index (κ2) is 3.94. The molecule has 1 fully saturated rings. The largest absolute Gasteiger partial charge is 0.464 e. The molecule has 1 aliphatic rings. The summed E-state index contributed by atoms with van der Waals surface area (Å²) in [7, 11) is 0. The molecule has 2 N–H and O–H groups in total. The zero-order valence-electron chi connectivity index (χ0n) is 6.92. The number of carbonyl (C=O) groups is 2. The molecule has 2 amide bonds. The number of rotatable bonds is 2. The van der Waals surface area contributed by atoms with Gasteiger partial charge >= 0.3 is 12.0 Å². The van der Waals surface area contributed by atoms with Crippen molar-refractivity contribution in [3.8, 4) is 0 Å². The van der Waals surface area contributed by atoms with E-state index in [-0.39, 0.29) is 12.0 Å². The molecule has 68 valence electrons. The Kier molecular flexibility index (Phi) is 2.90. The summed E-state index contributed by atoms with van der Waals surface area (Å²) >= 11 is 0. The van der Waals surface area contributed by atoms with E-state index in [9.17, 15) is 9.59 Å². The molecule has 12 heavy (non-hydrogen) atoms. The summed E-state index contributed by atoms with van der Waals surface area (Å²) in [5.41, 5.74) is 0. The van der Waals surface area contributed by atoms with Crippen molar-refractivity contribution < 1.29 is 14.3 Å². The number of cyclic esters (lactones) is 1. The van der Waals surface area contributed by atoms with Gasteiger partial charge in [0.15, 0.2) is 0 Å². The lowest BCUT2D eigenvalue weighted by atomic mass is 10.2. The molecule has 0 aromatic heterocycles. The molecule has 0 aromatic rings. The third-order valence-electron chi connectivity index (χ3n) is 1.58. The van der Waals surface area contributed by atoms with Crippen molar-refractivity contribution in [2.75, 3.05) is 13.2 Å². The smallest absolute Gasteiger partial charge is 0.328 e. The second-order valence-electron chi connectivity index (χ2n) is 2.51. The van der Waals surface area contributed by atoms with E-state index in [4.69, 9.17) is 0 Å². The van der Waals surface area contributed by atoms with Crippen molar-refractivity contribution in [1.82, 2.24) is 10.6 Å². The Morgan fingerprint density at radius 1 is 1.75 bits per heavy atom. The quantitative estimate of drug-likeness (QED) is 0.558. The molecule has 1 heterocycles. The van der Waals surface area contributed by atoms with Crippen molar-refractivity contribution in [1.29, 1.82) is 0 Å². The van der Waals surface area contributed by atoms with Gasteiger partial charge in [0.2, 0.25) is 0 Å². The first-order valence-electron chi connectivity index (χ1n) is 3.95. The Morgan fingerprint density at radius 3 is 3.00 bits per heavy atom. The maximum absolute atomic E-state index is 10.9. The summed E-state index contributed by atoms with van der Waals surface area (Å²) in [5, 5.41) is 5.04. The molecule has 0 aromatic carbocycles. The van der Waals surface area contributed by atoms with Gasteiger partial charge in [-0.2, -0.15) is 0 Å². The van der Waals surface area contributed by atoms with Crippen LogP contribution in [-0.2, 0) is 9.53 Å². The normalized spacial score (nSPS) is 21.8. The SMILES string of the molecule is CCNC(=O)N[C@H]1CCOC1=O. The van der Waals surface area contributed by atoms with E-state index < -0.39 is 6.04 Å². The van der Waals surface area contributed by atoms with Gasteiger partial charge in [-0.25, -0.2) is 9.59 Å². The Balaban J connectivity index is 2.30. The monoisotopic (exact) mass is 172 g/mol. The van der Waals surface area contributed by atoms with E-state index in [1.54, 1.807) is 0 Å². The third-order valence-corrected chi connectivity index (χ3v) is 1.58. The fourth-order valence-electron chi connectivity index (χ4n) is 0.997. The second-order valence-corrected chi connectivity index (χ2v) is 2.51. The van der Waals surface area contributed by atoms with E-state index in [0.717, 1.165) is 0 Å². The molecule has 0 radical (unpaired) electrons. The number of nitrogens with one attached hydrogen (secondary N) is 2. The van der Waals surface area contributed by atoms with Crippen LogP contribution >= 0.6 is 0 Å². The maximum Gasteiger partial charge on any atom is 0.328 e. The lowest BCUT2D eigenvalue weighted by Gasteiger charge is -2.08. The third kappa shape index (κ3) is 2.11. The van der Waals surface area contributed by atoms with Gasteiger partial charge in [-0.1, -0.05) is 0 Å². The van der Waals surface area contributed by atoms with Gasteiger partial charge in [0.25, 0.3) is 0 Å². The predicted octanol–water partition coefficient (Wildman–Crippen LogP) is -0.379. The van der Waals surface area contributed by atoms with Gasteiger partial charge < -0.3 is 15.4 Å². The van der Waals surface area contributed by atoms with Crippen LogP contribution in [0.5, 0.6) is 0 Å². The van der Waals surface area contributed by atoms with Crippen LogP contribution in [0, 0.1) is 0 Å². The van der Waals surface area contributed by atoms with Crippen molar-refractivity contribution in [2.24, 2.45) is 0 Å². The lowest BCUT2D eigenvalue weighted by molar-refractivity contribution is -0.139. The Morgan fingerprint density at radius 2 is 2.50 bits per heavy atom. The molecule has 5 nitrogen and oxygen atoms in total. The Hall–Kier alpha value is -1.26. The van der Waals surface area contributed by atoms with Crippen molar-refractivity contribution in [3.05, 3.63) is 0 Å². The van der Waals surface area contributed by atoms with Gasteiger partial charge in [-0.3, -0.25) is 0 Å². The maximum atomic E-state index is 10.9. The van der Waals surface area contributed by atoms with Gasteiger partial charge in [-0.15, -0.1) is 0 Å². The summed E-state index contributed by atoms with van der Waals surface area (Å²) in [6, 6.07) is -0.780. The summed E-state index contributed by atoms with van der Waals surface area (Å²) in [4.78, 5) is 21.8. The summed E-state index contributed by atoms with van der Waals surface area (Å²) < 4.78 is 4.66. The summed E-state index contributed by atoms with van der Waals surface area (Å²) in [6.45, 7) is 2.76. The minimum absolute atomic E-state index is 0.318. The van der Waals surface area contributed by atoms with Gasteiger partial charge in [-0.05, 0) is 6.92 Å². The number of hydrogen-bond acceptors (Lipinski definition) is 3. The first kappa shape index (κ1) is 8.83. The highest BCUT2D eigenvalue weighted by Crippen LogP contribution is 2.04. The minimum Gasteiger partial charge on any atom is -0.464 e. The number of amides is 2. The van der Waals surface area contributed by atoms with Crippen molar-refractivity contribution in [3.63, 3.8) is 0 Å². The van der Waals surface area contributed by atoms with Crippen LogP contribution < -0.4 is 10.6 Å². The summed E-state index contributed by atoms with van der Waals surface area (Å²) in [5.74, 6) is -0.346. The number of esters is 1. The first-order chi connectivity index (χ1) is 5.74. The van der Waals surface area contributed by atoms with E-state index in [1.807, 2.05) is 6.92 Å². The van der Waals surface area contributed by atoms with E-state index in [2.05, 4.69) is 15.4 Å². The average molecular weight is 172 g/mol. The topological polar surface area (TPSA) is 67.4 Å². The van der Waals surface area contributed by atoms with Crippen molar-refractivity contribution in [2.45, 2.75) is 19.4 Å². The zero-order valence-corrected chi connectivity index (χ0v) is 6.92. The molecule has 0 unspecified atom stereocenters. The van der Waals surface area contributed by atoms with Crippen LogP contribution in [0.2, 0.25) is 0 Å². The number of urea groups is 1. The molecule has 1 atom stereocenters. The van der Waals surface area contributed by atoms with Gasteiger partial charge in [0.05, 0.1) is 6.61 Å². The molecule has 5 heteroatoms. The molecule has 1 rings (SSSR count). The molecule has 0 spiro atoms.